The molecular weight excluding hydrogens is 508 g/mol. The summed E-state index contributed by atoms with van der Waals surface area (Å²) < 4.78 is 6.85. The molecule has 3 aromatic carbocycles. The highest BCUT2D eigenvalue weighted by Gasteiger charge is 2.25. The fourth-order valence-electron chi connectivity index (χ4n) is 4.55. The second-order valence-electron chi connectivity index (χ2n) is 9.42. The van der Waals surface area contributed by atoms with Crippen LogP contribution in [-0.4, -0.2) is 38.9 Å². The zero-order valence-electron chi connectivity index (χ0n) is 22.8. The van der Waals surface area contributed by atoms with Crippen LogP contribution < -0.4 is 10.3 Å². The Labute approximate surface area is 232 Å². The Balaban J connectivity index is 1.76. The Bertz CT molecular complexity index is 1580. The van der Waals surface area contributed by atoms with Gasteiger partial charge in [0.1, 0.15) is 11.6 Å². The van der Waals surface area contributed by atoms with Gasteiger partial charge in [0.15, 0.2) is 0 Å². The van der Waals surface area contributed by atoms with E-state index in [4.69, 9.17) is 9.72 Å². The van der Waals surface area contributed by atoms with E-state index in [2.05, 4.69) is 6.92 Å². The number of carbonyl (C=O) groups excluding carboxylic acids is 1. The van der Waals surface area contributed by atoms with Gasteiger partial charge in [0.25, 0.3) is 11.2 Å². The number of carbonyl (C=O) groups is 1. The summed E-state index contributed by atoms with van der Waals surface area (Å²) in [4.78, 5) is 44.4. The number of hydrogen-bond acceptors (Lipinski definition) is 6. The van der Waals surface area contributed by atoms with Crippen molar-refractivity contribution in [2.24, 2.45) is 0 Å². The average molecular weight is 541 g/mol. The SMILES string of the molecule is CCCCCN(C(=O)/C=C/c1ccc([N+](=O)[O-])cc1)C(C)c1nc2ccccc2c(=O)n1-c1ccc(OC)cc1. The minimum absolute atomic E-state index is 0.0165. The fourth-order valence-corrected chi connectivity index (χ4v) is 4.55. The van der Waals surface area contributed by atoms with E-state index in [0.29, 0.717) is 40.3 Å². The number of nitro groups is 1. The topological polar surface area (TPSA) is 108 Å². The van der Waals surface area contributed by atoms with E-state index in [0.717, 1.165) is 19.3 Å². The second-order valence-corrected chi connectivity index (χ2v) is 9.42. The summed E-state index contributed by atoms with van der Waals surface area (Å²) in [5.74, 6) is 0.862. The van der Waals surface area contributed by atoms with Crippen LogP contribution in [0.1, 0.15) is 50.5 Å². The first-order valence-electron chi connectivity index (χ1n) is 13.2. The molecular formula is C31H32N4O5. The molecule has 0 fully saturated rings. The van der Waals surface area contributed by atoms with Crippen molar-refractivity contribution in [2.45, 2.75) is 39.2 Å². The number of hydrogen-bond donors (Lipinski definition) is 0. The molecule has 0 saturated carbocycles. The minimum Gasteiger partial charge on any atom is -0.497 e. The monoisotopic (exact) mass is 540 g/mol. The Morgan fingerprint density at radius 3 is 2.42 bits per heavy atom. The number of methoxy groups -OCH3 is 1. The van der Waals surface area contributed by atoms with Gasteiger partial charge in [-0.25, -0.2) is 4.98 Å². The third-order valence-corrected chi connectivity index (χ3v) is 6.78. The first kappa shape index (κ1) is 28.2. The molecule has 1 amide bonds. The molecule has 0 radical (unpaired) electrons. The summed E-state index contributed by atoms with van der Waals surface area (Å²) >= 11 is 0. The standard InChI is InChI=1S/C31H32N4O5/c1-4-5-8-21-33(29(36)20-13-23-11-14-25(15-12-23)35(38)39)22(2)30-32-28-10-7-6-9-27(28)31(37)34(30)24-16-18-26(40-3)19-17-24/h6-7,9-20,22H,4-5,8,21H2,1-3H3/b20-13+. The number of nitro benzene ring substituents is 1. The van der Waals surface area contributed by atoms with Gasteiger partial charge in [-0.05, 0) is 73.5 Å². The first-order valence-corrected chi connectivity index (χ1v) is 13.2. The van der Waals surface area contributed by atoms with Crippen LogP contribution in [0.3, 0.4) is 0 Å². The summed E-state index contributed by atoms with van der Waals surface area (Å²) in [6, 6.07) is 19.8. The van der Waals surface area contributed by atoms with Gasteiger partial charge in [0.05, 0.1) is 34.7 Å². The van der Waals surface area contributed by atoms with Gasteiger partial charge in [-0.1, -0.05) is 31.9 Å². The maximum atomic E-state index is 13.8. The number of unbranched alkanes of at least 4 members (excludes halogenated alkanes) is 2. The number of non-ortho nitro benzene ring substituents is 1. The quantitative estimate of drug-likeness (QED) is 0.0985. The number of amides is 1. The van der Waals surface area contributed by atoms with E-state index < -0.39 is 11.0 Å². The van der Waals surface area contributed by atoms with Gasteiger partial charge in [-0.3, -0.25) is 24.3 Å². The molecule has 1 aromatic heterocycles. The van der Waals surface area contributed by atoms with Crippen molar-refractivity contribution in [3.8, 4) is 11.4 Å². The molecule has 206 valence electrons. The highest BCUT2D eigenvalue weighted by Crippen LogP contribution is 2.25. The van der Waals surface area contributed by atoms with Gasteiger partial charge < -0.3 is 9.64 Å². The molecule has 4 aromatic rings. The van der Waals surface area contributed by atoms with Crippen LogP contribution in [0.4, 0.5) is 5.69 Å². The highest BCUT2D eigenvalue weighted by molar-refractivity contribution is 5.92. The van der Waals surface area contributed by atoms with Crippen molar-refractivity contribution in [1.29, 1.82) is 0 Å². The van der Waals surface area contributed by atoms with Crippen molar-refractivity contribution in [3.05, 3.63) is 111 Å². The molecule has 40 heavy (non-hydrogen) atoms. The predicted molar refractivity (Wildman–Crippen MR) is 156 cm³/mol. The van der Waals surface area contributed by atoms with Crippen LogP contribution in [-0.2, 0) is 4.79 Å². The van der Waals surface area contributed by atoms with Gasteiger partial charge in [-0.15, -0.1) is 0 Å². The summed E-state index contributed by atoms with van der Waals surface area (Å²) in [5.41, 5.74) is 1.60. The van der Waals surface area contributed by atoms with E-state index in [1.807, 2.05) is 13.0 Å². The molecule has 1 heterocycles. The molecule has 0 bridgehead atoms. The third kappa shape index (κ3) is 6.26. The lowest BCUT2D eigenvalue weighted by atomic mass is 10.1. The number of aromatic nitrogens is 2. The molecule has 1 atom stereocenters. The van der Waals surface area contributed by atoms with Crippen LogP contribution >= 0.6 is 0 Å². The van der Waals surface area contributed by atoms with Crippen LogP contribution in [0.25, 0.3) is 22.7 Å². The lowest BCUT2D eigenvalue weighted by Crippen LogP contribution is -2.37. The van der Waals surface area contributed by atoms with Crippen molar-refractivity contribution >= 4 is 28.6 Å². The minimum atomic E-state index is -0.537. The molecule has 0 aliphatic carbocycles. The normalized spacial score (nSPS) is 12.0. The van der Waals surface area contributed by atoms with E-state index in [1.54, 1.807) is 77.3 Å². The number of fused-ring (bicyclic) bond motifs is 1. The van der Waals surface area contributed by atoms with Crippen molar-refractivity contribution in [1.82, 2.24) is 14.5 Å². The Kier molecular flexibility index (Phi) is 9.06. The van der Waals surface area contributed by atoms with Crippen molar-refractivity contribution < 1.29 is 14.5 Å². The molecule has 0 aliphatic heterocycles. The highest BCUT2D eigenvalue weighted by atomic mass is 16.6. The van der Waals surface area contributed by atoms with Gasteiger partial charge in [0.2, 0.25) is 5.91 Å². The smallest absolute Gasteiger partial charge is 0.269 e. The van der Waals surface area contributed by atoms with Gasteiger partial charge in [0, 0.05) is 24.8 Å². The summed E-state index contributed by atoms with van der Waals surface area (Å²) in [7, 11) is 1.58. The lowest BCUT2D eigenvalue weighted by Gasteiger charge is -2.30. The average Bonchev–Trinajstić information content (AvgIpc) is 2.98. The van der Waals surface area contributed by atoms with E-state index in [1.165, 1.54) is 18.2 Å². The molecule has 9 heteroatoms. The summed E-state index contributed by atoms with van der Waals surface area (Å²) in [5, 5.41) is 11.4. The fraction of sp³-hybridized carbons (Fsp3) is 0.258. The third-order valence-electron chi connectivity index (χ3n) is 6.78. The number of benzene rings is 3. The molecule has 0 aliphatic rings. The number of nitrogens with zero attached hydrogens (tertiary/aromatic N) is 4. The Hall–Kier alpha value is -4.79. The molecule has 9 nitrogen and oxygen atoms in total. The first-order chi connectivity index (χ1) is 19.3. The van der Waals surface area contributed by atoms with Gasteiger partial charge >= 0.3 is 0 Å². The largest absolute Gasteiger partial charge is 0.497 e. The Morgan fingerprint density at radius 2 is 1.77 bits per heavy atom. The number of ether oxygens (including phenoxy) is 1. The van der Waals surface area contributed by atoms with E-state index >= 15 is 0 Å². The molecule has 1 unspecified atom stereocenters. The van der Waals surface area contributed by atoms with Gasteiger partial charge in [-0.2, -0.15) is 0 Å². The molecule has 0 spiro atoms. The van der Waals surface area contributed by atoms with Crippen LogP contribution in [0.5, 0.6) is 5.75 Å². The van der Waals surface area contributed by atoms with Crippen LogP contribution in [0.2, 0.25) is 0 Å². The molecule has 4 rings (SSSR count). The second kappa shape index (κ2) is 12.8. The van der Waals surface area contributed by atoms with Crippen LogP contribution in [0.15, 0.2) is 83.7 Å². The van der Waals surface area contributed by atoms with Crippen molar-refractivity contribution in [2.75, 3.05) is 13.7 Å². The zero-order valence-corrected chi connectivity index (χ0v) is 22.8. The van der Waals surface area contributed by atoms with E-state index in [-0.39, 0.29) is 17.2 Å². The molecule has 0 N–H and O–H groups in total. The van der Waals surface area contributed by atoms with E-state index in [9.17, 15) is 19.7 Å². The predicted octanol–water partition coefficient (Wildman–Crippen LogP) is 6.10. The number of para-hydroxylation sites is 1. The lowest BCUT2D eigenvalue weighted by molar-refractivity contribution is -0.384. The zero-order chi connectivity index (χ0) is 28.6. The maximum absolute atomic E-state index is 13.8. The maximum Gasteiger partial charge on any atom is 0.269 e. The number of rotatable bonds is 11. The Morgan fingerprint density at radius 1 is 1.07 bits per heavy atom. The van der Waals surface area contributed by atoms with Crippen LogP contribution in [0, 0.1) is 10.1 Å². The summed E-state index contributed by atoms with van der Waals surface area (Å²) in [6.07, 6.45) is 5.81. The molecule has 0 saturated heterocycles. The summed E-state index contributed by atoms with van der Waals surface area (Å²) in [6.45, 7) is 4.44. The van der Waals surface area contributed by atoms with Crippen molar-refractivity contribution in [3.63, 3.8) is 0 Å².